The van der Waals surface area contributed by atoms with Gasteiger partial charge in [-0.1, -0.05) is 52.4 Å². The van der Waals surface area contributed by atoms with E-state index in [-0.39, 0.29) is 0 Å². The van der Waals surface area contributed by atoms with Crippen molar-refractivity contribution in [1.29, 1.82) is 0 Å². The number of Topliss-reactive ketones (excluding diaryl/α,β-unsaturated/α-hetero) is 1. The Morgan fingerprint density at radius 1 is 1.29 bits per heavy atom. The lowest BCUT2D eigenvalue weighted by molar-refractivity contribution is -0.121. The Hall–Kier alpha value is -0.330. The molecule has 0 spiro atoms. The molecule has 1 fully saturated rings. The van der Waals surface area contributed by atoms with Crippen LogP contribution in [0, 0.1) is 11.8 Å². The zero-order valence-corrected chi connectivity index (χ0v) is 9.72. The average Bonchev–Trinajstić information content (AvgIpc) is 2.19. The maximum atomic E-state index is 11.7. The Morgan fingerprint density at radius 2 is 1.93 bits per heavy atom. The van der Waals surface area contributed by atoms with Crippen molar-refractivity contribution < 1.29 is 4.79 Å². The molecule has 0 aliphatic heterocycles. The summed E-state index contributed by atoms with van der Waals surface area (Å²) in [7, 11) is 0. The van der Waals surface area contributed by atoms with E-state index in [2.05, 4.69) is 13.8 Å². The second-order valence-corrected chi connectivity index (χ2v) is 4.96. The maximum Gasteiger partial charge on any atom is 0.133 e. The van der Waals surface area contributed by atoms with E-state index < -0.39 is 0 Å². The highest BCUT2D eigenvalue weighted by Crippen LogP contribution is 2.27. The molecular formula is C13H24O. The Kier molecular flexibility index (Phi) is 5.21. The smallest absolute Gasteiger partial charge is 0.133 e. The van der Waals surface area contributed by atoms with Crippen LogP contribution in [-0.4, -0.2) is 5.78 Å². The van der Waals surface area contributed by atoms with E-state index in [0.29, 0.717) is 11.7 Å². The van der Waals surface area contributed by atoms with Gasteiger partial charge in [0.15, 0.2) is 0 Å². The first kappa shape index (κ1) is 11.7. The lowest BCUT2D eigenvalue weighted by Crippen LogP contribution is -2.13. The molecule has 1 atom stereocenters. The van der Waals surface area contributed by atoms with E-state index in [0.717, 1.165) is 25.2 Å². The molecule has 1 rings (SSSR count). The van der Waals surface area contributed by atoms with Gasteiger partial charge in [0.25, 0.3) is 0 Å². The molecule has 82 valence electrons. The van der Waals surface area contributed by atoms with Crippen LogP contribution in [0.1, 0.15) is 65.2 Å². The summed E-state index contributed by atoms with van der Waals surface area (Å²) in [5.41, 5.74) is 0. The van der Waals surface area contributed by atoms with Crippen molar-refractivity contribution >= 4 is 5.78 Å². The summed E-state index contributed by atoms with van der Waals surface area (Å²) < 4.78 is 0. The van der Waals surface area contributed by atoms with Gasteiger partial charge in [-0.2, -0.15) is 0 Å². The molecule has 14 heavy (non-hydrogen) atoms. The van der Waals surface area contributed by atoms with Gasteiger partial charge in [-0.25, -0.2) is 0 Å². The van der Waals surface area contributed by atoms with Gasteiger partial charge in [-0.15, -0.1) is 0 Å². The minimum atomic E-state index is 0.506. The first-order valence-electron chi connectivity index (χ1n) is 6.24. The third-order valence-corrected chi connectivity index (χ3v) is 3.51. The van der Waals surface area contributed by atoms with Crippen LogP contribution < -0.4 is 0 Å². The van der Waals surface area contributed by atoms with Crippen LogP contribution in [0.15, 0.2) is 0 Å². The summed E-state index contributed by atoms with van der Waals surface area (Å²) in [4.78, 5) is 11.7. The van der Waals surface area contributed by atoms with Gasteiger partial charge in [-0.3, -0.25) is 4.79 Å². The van der Waals surface area contributed by atoms with Crippen LogP contribution in [-0.2, 0) is 4.79 Å². The van der Waals surface area contributed by atoms with Crippen molar-refractivity contribution in [1.82, 2.24) is 0 Å². The molecular weight excluding hydrogens is 172 g/mol. The zero-order valence-electron chi connectivity index (χ0n) is 9.72. The number of hydrogen-bond acceptors (Lipinski definition) is 1. The second kappa shape index (κ2) is 6.21. The standard InChI is InChI=1S/C13H24O/c1-3-11(2)9-13(14)10-12-7-5-4-6-8-12/h11-12H,3-10H2,1-2H3. The molecule has 0 heterocycles. The minimum absolute atomic E-state index is 0.506. The number of carbonyl (C=O) groups is 1. The fourth-order valence-corrected chi connectivity index (χ4v) is 2.33. The highest BCUT2D eigenvalue weighted by atomic mass is 16.1. The highest BCUT2D eigenvalue weighted by molar-refractivity contribution is 5.78. The SMILES string of the molecule is CCC(C)CC(=O)CC1CCCCC1. The summed E-state index contributed by atoms with van der Waals surface area (Å²) >= 11 is 0. The molecule has 0 radical (unpaired) electrons. The van der Waals surface area contributed by atoms with E-state index >= 15 is 0 Å². The van der Waals surface area contributed by atoms with Crippen molar-refractivity contribution in [3.63, 3.8) is 0 Å². The molecule has 0 aromatic rings. The molecule has 0 aromatic carbocycles. The first-order chi connectivity index (χ1) is 6.72. The minimum Gasteiger partial charge on any atom is -0.300 e. The van der Waals surface area contributed by atoms with Crippen molar-refractivity contribution in [3.05, 3.63) is 0 Å². The second-order valence-electron chi connectivity index (χ2n) is 4.96. The molecule has 1 nitrogen and oxygen atoms in total. The third-order valence-electron chi connectivity index (χ3n) is 3.51. The van der Waals surface area contributed by atoms with Crippen molar-refractivity contribution in [2.45, 2.75) is 65.2 Å². The zero-order chi connectivity index (χ0) is 10.4. The number of carbonyl (C=O) groups excluding carboxylic acids is 1. The van der Waals surface area contributed by atoms with Gasteiger partial charge in [0.2, 0.25) is 0 Å². The summed E-state index contributed by atoms with van der Waals surface area (Å²) in [5, 5.41) is 0. The molecule has 1 unspecified atom stereocenters. The molecule has 1 aliphatic rings. The summed E-state index contributed by atoms with van der Waals surface area (Å²) in [5.74, 6) is 1.82. The first-order valence-corrected chi connectivity index (χ1v) is 6.24. The van der Waals surface area contributed by atoms with Gasteiger partial charge in [0.05, 0.1) is 0 Å². The monoisotopic (exact) mass is 196 g/mol. The van der Waals surface area contributed by atoms with E-state index in [9.17, 15) is 4.79 Å². The molecule has 0 aromatic heterocycles. The highest BCUT2D eigenvalue weighted by Gasteiger charge is 2.17. The number of hydrogen-bond donors (Lipinski definition) is 0. The Labute approximate surface area is 88.3 Å². The number of ketones is 1. The maximum absolute atomic E-state index is 11.7. The normalized spacial score (nSPS) is 20.7. The van der Waals surface area contributed by atoms with E-state index in [4.69, 9.17) is 0 Å². The van der Waals surface area contributed by atoms with Crippen LogP contribution in [0.4, 0.5) is 0 Å². The van der Waals surface area contributed by atoms with E-state index in [1.807, 2.05) is 0 Å². The van der Waals surface area contributed by atoms with Crippen LogP contribution in [0.5, 0.6) is 0 Å². The predicted molar refractivity (Wildman–Crippen MR) is 60.3 cm³/mol. The molecule has 0 bridgehead atoms. The van der Waals surface area contributed by atoms with E-state index in [1.54, 1.807) is 0 Å². The lowest BCUT2D eigenvalue weighted by Gasteiger charge is -2.21. The van der Waals surface area contributed by atoms with Gasteiger partial charge in [0, 0.05) is 12.8 Å². The largest absolute Gasteiger partial charge is 0.300 e. The Balaban J connectivity index is 2.18. The van der Waals surface area contributed by atoms with Gasteiger partial charge in [0.1, 0.15) is 5.78 Å². The van der Waals surface area contributed by atoms with Crippen molar-refractivity contribution in [3.8, 4) is 0 Å². The Morgan fingerprint density at radius 3 is 2.50 bits per heavy atom. The topological polar surface area (TPSA) is 17.1 Å². The molecule has 1 aliphatic carbocycles. The molecule has 1 heteroatoms. The van der Waals surface area contributed by atoms with Gasteiger partial charge >= 0.3 is 0 Å². The summed E-state index contributed by atoms with van der Waals surface area (Å²) in [6.07, 6.45) is 9.49. The number of rotatable bonds is 5. The fraction of sp³-hybridized carbons (Fsp3) is 0.923. The average molecular weight is 196 g/mol. The van der Waals surface area contributed by atoms with Crippen LogP contribution in [0.2, 0.25) is 0 Å². The molecule has 0 N–H and O–H groups in total. The molecule has 0 saturated heterocycles. The Bertz CT molecular complexity index is 168. The lowest BCUT2D eigenvalue weighted by atomic mass is 9.84. The summed E-state index contributed by atoms with van der Waals surface area (Å²) in [6, 6.07) is 0. The summed E-state index contributed by atoms with van der Waals surface area (Å²) in [6.45, 7) is 4.34. The van der Waals surface area contributed by atoms with Crippen molar-refractivity contribution in [2.75, 3.05) is 0 Å². The van der Waals surface area contributed by atoms with Gasteiger partial charge in [-0.05, 0) is 11.8 Å². The van der Waals surface area contributed by atoms with Crippen molar-refractivity contribution in [2.24, 2.45) is 11.8 Å². The predicted octanol–water partition coefficient (Wildman–Crippen LogP) is 3.96. The molecule has 1 saturated carbocycles. The van der Waals surface area contributed by atoms with Crippen LogP contribution in [0.25, 0.3) is 0 Å². The van der Waals surface area contributed by atoms with Crippen LogP contribution in [0.3, 0.4) is 0 Å². The molecule has 0 amide bonds. The third kappa shape index (κ3) is 4.26. The van der Waals surface area contributed by atoms with Gasteiger partial charge < -0.3 is 0 Å². The van der Waals surface area contributed by atoms with Crippen LogP contribution >= 0.6 is 0 Å². The fourth-order valence-electron chi connectivity index (χ4n) is 2.33. The van der Waals surface area contributed by atoms with E-state index in [1.165, 1.54) is 32.1 Å². The quantitative estimate of drug-likeness (QED) is 0.650.